The molecule has 1 aliphatic heterocycles. The van der Waals surface area contributed by atoms with Crippen molar-refractivity contribution in [2.24, 2.45) is 0 Å². The number of morpholine rings is 1. The lowest BCUT2D eigenvalue weighted by Gasteiger charge is -2.25. The summed E-state index contributed by atoms with van der Waals surface area (Å²) in [5.41, 5.74) is -1.93. The summed E-state index contributed by atoms with van der Waals surface area (Å²) in [5.74, 6) is -1.41. The molecule has 10 heteroatoms. The number of carbonyl (C=O) groups excluding carboxylic acids is 1. The standard InChI is InChI=1S/C22H18F3NO6/c1-29-16-5-3-2-4-14(16)18-19(27)15-7-6-13(12-17(15)32-20(18)22(23,24)25)31-21(28)26-8-10-30-11-9-26/h2-7,12H,8-11H2,1H3. The van der Waals surface area contributed by atoms with Gasteiger partial charge in [-0.3, -0.25) is 4.79 Å². The van der Waals surface area contributed by atoms with E-state index in [2.05, 4.69) is 0 Å². The first-order valence-electron chi connectivity index (χ1n) is 9.65. The number of ether oxygens (including phenoxy) is 3. The van der Waals surface area contributed by atoms with Gasteiger partial charge in [-0.25, -0.2) is 4.79 Å². The Labute approximate surface area is 179 Å². The minimum atomic E-state index is -4.95. The van der Waals surface area contributed by atoms with Crippen LogP contribution in [0.3, 0.4) is 0 Å². The van der Waals surface area contributed by atoms with E-state index in [0.29, 0.717) is 26.3 Å². The molecule has 168 valence electrons. The monoisotopic (exact) mass is 449 g/mol. The predicted molar refractivity (Wildman–Crippen MR) is 108 cm³/mol. The number of methoxy groups -OCH3 is 1. The maximum Gasteiger partial charge on any atom is 0.450 e. The zero-order valence-corrected chi connectivity index (χ0v) is 16.9. The van der Waals surface area contributed by atoms with Crippen LogP contribution < -0.4 is 14.9 Å². The molecule has 1 saturated heterocycles. The Morgan fingerprint density at radius 1 is 1.09 bits per heavy atom. The third-order valence-corrected chi connectivity index (χ3v) is 4.97. The van der Waals surface area contributed by atoms with Crippen LogP contribution in [0.1, 0.15) is 5.76 Å². The number of carbonyl (C=O) groups is 1. The predicted octanol–water partition coefficient (Wildman–Crippen LogP) is 4.32. The summed E-state index contributed by atoms with van der Waals surface area (Å²) in [5, 5.41) is -0.0925. The molecule has 0 atom stereocenters. The van der Waals surface area contributed by atoms with E-state index < -0.39 is 29.0 Å². The van der Waals surface area contributed by atoms with Gasteiger partial charge in [0.2, 0.25) is 11.2 Å². The highest BCUT2D eigenvalue weighted by Gasteiger charge is 2.40. The van der Waals surface area contributed by atoms with Crippen LogP contribution in [0.5, 0.6) is 11.5 Å². The number of hydrogen-bond donors (Lipinski definition) is 0. The second-order valence-electron chi connectivity index (χ2n) is 6.96. The number of alkyl halides is 3. The lowest BCUT2D eigenvalue weighted by atomic mass is 10.0. The molecule has 0 radical (unpaired) electrons. The van der Waals surface area contributed by atoms with Gasteiger partial charge in [-0.15, -0.1) is 0 Å². The smallest absolute Gasteiger partial charge is 0.450 e. The fraction of sp³-hybridized carbons (Fsp3) is 0.273. The van der Waals surface area contributed by atoms with Crippen molar-refractivity contribution in [1.82, 2.24) is 4.90 Å². The molecule has 0 N–H and O–H groups in total. The van der Waals surface area contributed by atoms with E-state index in [-0.39, 0.29) is 28.0 Å². The SMILES string of the molecule is COc1ccccc1-c1c(C(F)(F)F)oc2cc(OC(=O)N3CCOCC3)ccc2c1=O. The van der Waals surface area contributed by atoms with E-state index >= 15 is 0 Å². The molecular weight excluding hydrogens is 431 g/mol. The quantitative estimate of drug-likeness (QED) is 0.593. The summed E-state index contributed by atoms with van der Waals surface area (Å²) in [4.78, 5) is 26.8. The van der Waals surface area contributed by atoms with E-state index in [0.717, 1.165) is 6.07 Å². The second-order valence-corrected chi connectivity index (χ2v) is 6.96. The van der Waals surface area contributed by atoms with Crippen LogP contribution in [0.25, 0.3) is 22.1 Å². The molecule has 0 aliphatic carbocycles. The molecule has 1 fully saturated rings. The Morgan fingerprint density at radius 3 is 2.50 bits per heavy atom. The number of nitrogens with zero attached hydrogens (tertiary/aromatic N) is 1. The first-order chi connectivity index (χ1) is 15.3. The molecular formula is C22H18F3NO6. The van der Waals surface area contributed by atoms with Gasteiger partial charge in [0.25, 0.3) is 0 Å². The lowest BCUT2D eigenvalue weighted by Crippen LogP contribution is -2.42. The molecule has 0 saturated carbocycles. The maximum atomic E-state index is 13.9. The summed E-state index contributed by atoms with van der Waals surface area (Å²) in [6.07, 6.45) is -5.62. The minimum Gasteiger partial charge on any atom is -0.496 e. The summed E-state index contributed by atoms with van der Waals surface area (Å²) >= 11 is 0. The van der Waals surface area contributed by atoms with Crippen molar-refractivity contribution in [3.05, 3.63) is 58.4 Å². The van der Waals surface area contributed by atoms with E-state index in [1.54, 1.807) is 6.07 Å². The number of halogens is 3. The number of amides is 1. The van der Waals surface area contributed by atoms with Gasteiger partial charge in [-0.2, -0.15) is 13.2 Å². The van der Waals surface area contributed by atoms with Gasteiger partial charge in [-0.1, -0.05) is 18.2 Å². The minimum absolute atomic E-state index is 0.0409. The summed E-state index contributed by atoms with van der Waals surface area (Å²) < 4.78 is 62.3. The molecule has 7 nitrogen and oxygen atoms in total. The highest BCUT2D eigenvalue weighted by molar-refractivity contribution is 5.86. The van der Waals surface area contributed by atoms with Gasteiger partial charge in [-0.05, 0) is 18.2 Å². The van der Waals surface area contributed by atoms with Crippen molar-refractivity contribution in [2.45, 2.75) is 6.18 Å². The van der Waals surface area contributed by atoms with E-state index in [4.69, 9.17) is 18.6 Å². The number of rotatable bonds is 3. The topological polar surface area (TPSA) is 78.2 Å². The summed E-state index contributed by atoms with van der Waals surface area (Å²) in [6, 6.07) is 9.57. The average molecular weight is 449 g/mol. The maximum absolute atomic E-state index is 13.9. The highest BCUT2D eigenvalue weighted by Crippen LogP contribution is 2.40. The Morgan fingerprint density at radius 2 is 1.81 bits per heavy atom. The third-order valence-electron chi connectivity index (χ3n) is 4.97. The Bertz CT molecular complexity index is 1210. The van der Waals surface area contributed by atoms with Gasteiger partial charge in [0.05, 0.1) is 31.3 Å². The normalized spacial score (nSPS) is 14.4. The first kappa shape index (κ1) is 21.7. The molecule has 2 aromatic carbocycles. The number of hydrogen-bond acceptors (Lipinski definition) is 6. The number of fused-ring (bicyclic) bond motifs is 1. The lowest BCUT2D eigenvalue weighted by molar-refractivity contribution is -0.152. The Kier molecular flexibility index (Phi) is 5.79. The zero-order chi connectivity index (χ0) is 22.9. The number of benzene rings is 2. The highest BCUT2D eigenvalue weighted by atomic mass is 19.4. The van der Waals surface area contributed by atoms with Crippen LogP contribution in [-0.4, -0.2) is 44.4 Å². The van der Waals surface area contributed by atoms with Crippen LogP contribution in [0, 0.1) is 0 Å². The molecule has 0 unspecified atom stereocenters. The van der Waals surface area contributed by atoms with E-state index in [9.17, 15) is 22.8 Å². The third kappa shape index (κ3) is 4.13. The molecule has 4 rings (SSSR count). The van der Waals surface area contributed by atoms with Gasteiger partial charge in [0.1, 0.15) is 17.1 Å². The van der Waals surface area contributed by atoms with E-state index in [1.807, 2.05) is 0 Å². The van der Waals surface area contributed by atoms with Crippen molar-refractivity contribution in [3.8, 4) is 22.6 Å². The fourth-order valence-electron chi connectivity index (χ4n) is 3.44. The summed E-state index contributed by atoms with van der Waals surface area (Å²) in [7, 11) is 1.30. The second kappa shape index (κ2) is 8.54. The van der Waals surface area contributed by atoms with Gasteiger partial charge < -0.3 is 23.5 Å². The van der Waals surface area contributed by atoms with Crippen LogP contribution in [0.2, 0.25) is 0 Å². The number of para-hydroxylation sites is 1. The molecule has 1 aromatic heterocycles. The van der Waals surface area contributed by atoms with Crippen molar-refractivity contribution in [2.75, 3.05) is 33.4 Å². The van der Waals surface area contributed by atoms with Crippen LogP contribution in [-0.2, 0) is 10.9 Å². The van der Waals surface area contributed by atoms with Crippen molar-refractivity contribution in [3.63, 3.8) is 0 Å². The first-order valence-corrected chi connectivity index (χ1v) is 9.65. The molecule has 0 spiro atoms. The van der Waals surface area contributed by atoms with Crippen molar-refractivity contribution >= 4 is 17.1 Å². The van der Waals surface area contributed by atoms with Crippen LogP contribution >= 0.6 is 0 Å². The van der Waals surface area contributed by atoms with Gasteiger partial charge in [0.15, 0.2) is 0 Å². The Balaban J connectivity index is 1.81. The van der Waals surface area contributed by atoms with Gasteiger partial charge >= 0.3 is 12.3 Å². The average Bonchev–Trinajstić information content (AvgIpc) is 2.79. The molecule has 2 heterocycles. The van der Waals surface area contributed by atoms with Crippen LogP contribution in [0.4, 0.5) is 18.0 Å². The summed E-state index contributed by atoms with van der Waals surface area (Å²) in [6.45, 7) is 1.40. The molecule has 1 aliphatic rings. The fourth-order valence-corrected chi connectivity index (χ4v) is 3.44. The van der Waals surface area contributed by atoms with Gasteiger partial charge in [0, 0.05) is 24.7 Å². The molecule has 0 bridgehead atoms. The van der Waals surface area contributed by atoms with Crippen molar-refractivity contribution in [1.29, 1.82) is 0 Å². The van der Waals surface area contributed by atoms with Crippen LogP contribution in [0.15, 0.2) is 51.7 Å². The van der Waals surface area contributed by atoms with Crippen molar-refractivity contribution < 1.29 is 36.6 Å². The molecule has 32 heavy (non-hydrogen) atoms. The molecule has 1 amide bonds. The zero-order valence-electron chi connectivity index (χ0n) is 16.9. The largest absolute Gasteiger partial charge is 0.496 e. The molecule has 3 aromatic rings. The Hall–Kier alpha value is -3.53. The van der Waals surface area contributed by atoms with E-state index in [1.165, 1.54) is 42.3 Å².